The van der Waals surface area contributed by atoms with E-state index in [2.05, 4.69) is 31.1 Å². The summed E-state index contributed by atoms with van der Waals surface area (Å²) in [6.45, 7) is 5.94. The number of hydrogen-bond acceptors (Lipinski definition) is 2. The zero-order valence-electron chi connectivity index (χ0n) is 9.79. The number of rotatable bonds is 6. The van der Waals surface area contributed by atoms with E-state index in [1.165, 1.54) is 32.2 Å². The van der Waals surface area contributed by atoms with Crippen LogP contribution in [0.5, 0.6) is 0 Å². The largest absolute Gasteiger partial charge is 0.314 e. The third-order valence-corrected chi connectivity index (χ3v) is 3.89. The maximum Gasteiger partial charge on any atom is 0.0105 e. The van der Waals surface area contributed by atoms with Gasteiger partial charge in [0.05, 0.1) is 0 Å². The Morgan fingerprint density at radius 2 is 1.86 bits per heavy atom. The Morgan fingerprint density at radius 1 is 1.21 bits per heavy atom. The van der Waals surface area contributed by atoms with Crippen LogP contribution in [0.4, 0.5) is 0 Å². The van der Waals surface area contributed by atoms with Gasteiger partial charge in [-0.1, -0.05) is 6.92 Å². The van der Waals surface area contributed by atoms with Gasteiger partial charge in [0.25, 0.3) is 0 Å². The van der Waals surface area contributed by atoms with Crippen molar-refractivity contribution in [2.45, 2.75) is 57.7 Å². The summed E-state index contributed by atoms with van der Waals surface area (Å²) in [5, 5.41) is 3.62. The van der Waals surface area contributed by atoms with Crippen molar-refractivity contribution in [2.75, 3.05) is 13.6 Å². The first kappa shape index (κ1) is 10.4. The Bertz CT molecular complexity index is 185. The van der Waals surface area contributed by atoms with Gasteiger partial charge in [-0.3, -0.25) is 0 Å². The normalized spacial score (nSPS) is 26.6. The minimum absolute atomic E-state index is 0.730. The Morgan fingerprint density at radius 3 is 2.36 bits per heavy atom. The van der Waals surface area contributed by atoms with Crippen molar-refractivity contribution >= 4 is 0 Å². The molecule has 0 heterocycles. The lowest BCUT2D eigenvalue weighted by molar-refractivity contribution is 0.187. The smallest absolute Gasteiger partial charge is 0.0105 e. The Labute approximate surface area is 88.1 Å². The lowest BCUT2D eigenvalue weighted by Gasteiger charge is -2.30. The lowest BCUT2D eigenvalue weighted by atomic mass is 10.0. The third kappa shape index (κ3) is 2.71. The van der Waals surface area contributed by atoms with E-state index in [0.29, 0.717) is 0 Å². The average Bonchev–Trinajstić information content (AvgIpc) is 3.04. The van der Waals surface area contributed by atoms with Crippen molar-refractivity contribution in [3.63, 3.8) is 0 Å². The second-order valence-corrected chi connectivity index (χ2v) is 5.30. The molecule has 0 radical (unpaired) electrons. The molecule has 0 saturated heterocycles. The van der Waals surface area contributed by atoms with Crippen molar-refractivity contribution in [1.29, 1.82) is 0 Å². The highest BCUT2D eigenvalue weighted by Gasteiger charge is 2.31. The molecule has 0 bridgehead atoms. The summed E-state index contributed by atoms with van der Waals surface area (Å²) in [4.78, 5) is 2.57. The van der Waals surface area contributed by atoms with Gasteiger partial charge in [-0.15, -0.1) is 0 Å². The molecule has 2 atom stereocenters. The fraction of sp³-hybridized carbons (Fsp3) is 1.00. The van der Waals surface area contributed by atoms with E-state index >= 15 is 0 Å². The van der Waals surface area contributed by atoms with Gasteiger partial charge in [0, 0.05) is 18.1 Å². The van der Waals surface area contributed by atoms with Gasteiger partial charge in [0.15, 0.2) is 0 Å². The van der Waals surface area contributed by atoms with E-state index in [1.807, 2.05) is 0 Å². The number of nitrogens with zero attached hydrogens (tertiary/aromatic N) is 1. The fourth-order valence-electron chi connectivity index (χ4n) is 2.03. The molecule has 0 amide bonds. The van der Waals surface area contributed by atoms with Gasteiger partial charge in [-0.05, 0) is 52.1 Å². The van der Waals surface area contributed by atoms with Crippen LogP contribution in [0.15, 0.2) is 0 Å². The molecule has 0 aromatic rings. The second-order valence-electron chi connectivity index (χ2n) is 5.30. The first-order chi connectivity index (χ1) is 6.68. The summed E-state index contributed by atoms with van der Waals surface area (Å²) in [6, 6.07) is 2.48. The SMILES string of the molecule is CC(CNC1CC1)C(C)N(C)C1CC1. The summed E-state index contributed by atoms with van der Waals surface area (Å²) < 4.78 is 0. The maximum absolute atomic E-state index is 3.62. The highest BCUT2D eigenvalue weighted by Crippen LogP contribution is 2.29. The van der Waals surface area contributed by atoms with Crippen LogP contribution in [0.3, 0.4) is 0 Å². The van der Waals surface area contributed by atoms with Crippen molar-refractivity contribution in [3.8, 4) is 0 Å². The highest BCUT2D eigenvalue weighted by atomic mass is 15.2. The van der Waals surface area contributed by atoms with Crippen LogP contribution in [0, 0.1) is 5.92 Å². The van der Waals surface area contributed by atoms with Crippen LogP contribution in [0.25, 0.3) is 0 Å². The quantitative estimate of drug-likeness (QED) is 0.697. The molecule has 0 aliphatic heterocycles. The molecule has 2 unspecified atom stereocenters. The molecule has 2 heteroatoms. The molecule has 0 spiro atoms. The first-order valence-corrected chi connectivity index (χ1v) is 6.14. The summed E-state index contributed by atoms with van der Waals surface area (Å²) >= 11 is 0. The lowest BCUT2D eigenvalue weighted by Crippen LogP contribution is -2.40. The Balaban J connectivity index is 1.68. The summed E-state index contributed by atoms with van der Waals surface area (Å²) in [6.07, 6.45) is 5.65. The molecule has 2 nitrogen and oxygen atoms in total. The number of nitrogens with one attached hydrogen (secondary N) is 1. The van der Waals surface area contributed by atoms with Crippen LogP contribution >= 0.6 is 0 Å². The zero-order chi connectivity index (χ0) is 10.1. The van der Waals surface area contributed by atoms with Crippen LogP contribution in [0.1, 0.15) is 39.5 Å². The Hall–Kier alpha value is -0.0800. The third-order valence-electron chi connectivity index (χ3n) is 3.89. The van der Waals surface area contributed by atoms with Gasteiger partial charge in [-0.25, -0.2) is 0 Å². The minimum Gasteiger partial charge on any atom is -0.314 e. The minimum atomic E-state index is 0.730. The van der Waals surface area contributed by atoms with Gasteiger partial charge >= 0.3 is 0 Å². The van der Waals surface area contributed by atoms with Gasteiger partial charge in [0.2, 0.25) is 0 Å². The topological polar surface area (TPSA) is 15.3 Å². The standard InChI is InChI=1S/C12H24N2/c1-9(8-13-11-4-5-11)10(2)14(3)12-6-7-12/h9-13H,4-8H2,1-3H3. The molecule has 82 valence electrons. The molecule has 1 N–H and O–H groups in total. The molecule has 0 aromatic heterocycles. The average molecular weight is 196 g/mol. The molecule has 0 aromatic carbocycles. The van der Waals surface area contributed by atoms with E-state index in [9.17, 15) is 0 Å². The van der Waals surface area contributed by atoms with Crippen molar-refractivity contribution in [2.24, 2.45) is 5.92 Å². The van der Waals surface area contributed by atoms with Gasteiger partial charge < -0.3 is 10.2 Å². The molecule has 2 rings (SSSR count). The van der Waals surface area contributed by atoms with E-state index in [0.717, 1.165) is 24.0 Å². The van der Waals surface area contributed by atoms with Crippen LogP contribution in [-0.4, -0.2) is 36.6 Å². The highest BCUT2D eigenvalue weighted by molar-refractivity contribution is 4.88. The van der Waals surface area contributed by atoms with Gasteiger partial charge in [-0.2, -0.15) is 0 Å². The molecule has 2 saturated carbocycles. The van der Waals surface area contributed by atoms with Crippen LogP contribution < -0.4 is 5.32 Å². The zero-order valence-corrected chi connectivity index (χ0v) is 9.79. The van der Waals surface area contributed by atoms with E-state index in [4.69, 9.17) is 0 Å². The Kier molecular flexibility index (Phi) is 3.13. The van der Waals surface area contributed by atoms with Crippen LogP contribution in [0.2, 0.25) is 0 Å². The summed E-state index contributed by atoms with van der Waals surface area (Å²) in [5.74, 6) is 0.779. The van der Waals surface area contributed by atoms with E-state index in [-0.39, 0.29) is 0 Å². The van der Waals surface area contributed by atoms with Crippen molar-refractivity contribution in [3.05, 3.63) is 0 Å². The van der Waals surface area contributed by atoms with Crippen LogP contribution in [-0.2, 0) is 0 Å². The molecule has 2 aliphatic carbocycles. The van der Waals surface area contributed by atoms with Gasteiger partial charge in [0.1, 0.15) is 0 Å². The predicted octanol–water partition coefficient (Wildman–Crippen LogP) is 1.86. The first-order valence-electron chi connectivity index (χ1n) is 6.14. The molecule has 14 heavy (non-hydrogen) atoms. The van der Waals surface area contributed by atoms with Crippen molar-refractivity contribution in [1.82, 2.24) is 10.2 Å². The summed E-state index contributed by atoms with van der Waals surface area (Å²) in [5.41, 5.74) is 0. The molecule has 2 fully saturated rings. The molecular formula is C12H24N2. The predicted molar refractivity (Wildman–Crippen MR) is 60.4 cm³/mol. The number of hydrogen-bond donors (Lipinski definition) is 1. The van der Waals surface area contributed by atoms with E-state index < -0.39 is 0 Å². The maximum atomic E-state index is 3.62. The molecule has 2 aliphatic rings. The van der Waals surface area contributed by atoms with Crippen molar-refractivity contribution < 1.29 is 0 Å². The summed E-state index contributed by atoms with van der Waals surface area (Å²) in [7, 11) is 2.29. The monoisotopic (exact) mass is 196 g/mol. The fourth-order valence-corrected chi connectivity index (χ4v) is 2.03. The second kappa shape index (κ2) is 4.19. The molecular weight excluding hydrogens is 172 g/mol. The van der Waals surface area contributed by atoms with E-state index in [1.54, 1.807) is 0 Å².